The van der Waals surface area contributed by atoms with Gasteiger partial charge < -0.3 is 0 Å². The third kappa shape index (κ3) is 3.68. The summed E-state index contributed by atoms with van der Waals surface area (Å²) in [5.41, 5.74) is 0.859. The van der Waals surface area contributed by atoms with Crippen LogP contribution in [0.2, 0.25) is 0 Å². The highest BCUT2D eigenvalue weighted by Crippen LogP contribution is 2.30. The second kappa shape index (κ2) is 6.78. The third-order valence-corrected chi connectivity index (χ3v) is 5.11. The smallest absolute Gasteiger partial charge is 0.279 e. The van der Waals surface area contributed by atoms with Gasteiger partial charge in [-0.15, -0.1) is 0 Å². The summed E-state index contributed by atoms with van der Waals surface area (Å²) in [6.45, 7) is 4.01. The summed E-state index contributed by atoms with van der Waals surface area (Å²) in [6.07, 6.45) is 0.851. The normalized spacial score (nSPS) is 12.6. The lowest BCUT2D eigenvalue weighted by Crippen LogP contribution is -2.16. The molecule has 2 aromatic rings. The monoisotopic (exact) mass is 334 g/mol. The molecule has 1 N–H and O–H groups in total. The third-order valence-electron chi connectivity index (χ3n) is 3.70. The quantitative estimate of drug-likeness (QED) is 0.640. The van der Waals surface area contributed by atoms with Gasteiger partial charge in [0.1, 0.15) is 0 Å². The molecule has 122 valence electrons. The van der Waals surface area contributed by atoms with Crippen LogP contribution < -0.4 is 4.72 Å². The number of nitro groups is 1. The van der Waals surface area contributed by atoms with Crippen molar-refractivity contribution < 1.29 is 13.3 Å². The predicted octanol–water partition coefficient (Wildman–Crippen LogP) is 3.91. The van der Waals surface area contributed by atoms with Crippen molar-refractivity contribution in [3.05, 3.63) is 64.2 Å². The Hall–Kier alpha value is -2.41. The molecule has 0 radical (unpaired) electrons. The van der Waals surface area contributed by atoms with Gasteiger partial charge in [0.05, 0.1) is 10.6 Å². The first kappa shape index (κ1) is 17.0. The first-order valence-corrected chi connectivity index (χ1v) is 8.70. The van der Waals surface area contributed by atoms with E-state index in [1.54, 1.807) is 12.1 Å². The summed E-state index contributed by atoms with van der Waals surface area (Å²) in [6, 6.07) is 12.4. The van der Waals surface area contributed by atoms with Gasteiger partial charge in [-0.1, -0.05) is 44.2 Å². The molecule has 0 aliphatic heterocycles. The average molecular weight is 334 g/mol. The zero-order chi connectivity index (χ0) is 17.0. The number of benzene rings is 2. The molecule has 0 saturated heterocycles. The van der Waals surface area contributed by atoms with Crippen LogP contribution in [0, 0.1) is 10.1 Å². The number of sulfonamides is 1. The van der Waals surface area contributed by atoms with Crippen LogP contribution in [-0.4, -0.2) is 13.3 Å². The largest absolute Gasteiger partial charge is 0.289 e. The topological polar surface area (TPSA) is 89.3 Å². The van der Waals surface area contributed by atoms with E-state index in [4.69, 9.17) is 0 Å². The fourth-order valence-corrected chi connectivity index (χ4v) is 3.54. The van der Waals surface area contributed by atoms with Crippen molar-refractivity contribution in [3.8, 4) is 0 Å². The number of hydrogen-bond acceptors (Lipinski definition) is 4. The first-order valence-electron chi connectivity index (χ1n) is 7.22. The predicted molar refractivity (Wildman–Crippen MR) is 89.1 cm³/mol. The molecule has 0 aliphatic carbocycles. The lowest BCUT2D eigenvalue weighted by molar-refractivity contribution is -0.387. The van der Waals surface area contributed by atoms with Crippen molar-refractivity contribution in [2.45, 2.75) is 31.1 Å². The fraction of sp³-hybridized carbons (Fsp3) is 0.250. The average Bonchev–Trinajstić information content (AvgIpc) is 2.54. The van der Waals surface area contributed by atoms with Gasteiger partial charge in [-0.25, -0.2) is 8.42 Å². The molecule has 2 rings (SSSR count). The molecule has 0 aliphatic rings. The van der Waals surface area contributed by atoms with Gasteiger partial charge in [0.2, 0.25) is 0 Å². The van der Waals surface area contributed by atoms with Crippen LogP contribution >= 0.6 is 0 Å². The van der Waals surface area contributed by atoms with Gasteiger partial charge in [-0.2, -0.15) is 0 Å². The molecule has 1 unspecified atom stereocenters. The number of anilines is 1. The Labute approximate surface area is 135 Å². The zero-order valence-electron chi connectivity index (χ0n) is 12.9. The molecule has 0 amide bonds. The van der Waals surface area contributed by atoms with Crippen LogP contribution in [0.25, 0.3) is 0 Å². The maximum absolute atomic E-state index is 12.6. The minimum absolute atomic E-state index is 0.166. The molecule has 6 nitrogen and oxygen atoms in total. The minimum atomic E-state index is -4.04. The molecular weight excluding hydrogens is 316 g/mol. The molecule has 0 saturated carbocycles. The molecule has 1 atom stereocenters. The maximum Gasteiger partial charge on any atom is 0.289 e. The summed E-state index contributed by atoms with van der Waals surface area (Å²) < 4.78 is 27.6. The number of hydrogen-bond donors (Lipinski definition) is 1. The second-order valence-electron chi connectivity index (χ2n) is 5.23. The van der Waals surface area contributed by atoms with Crippen LogP contribution in [0.3, 0.4) is 0 Å². The van der Waals surface area contributed by atoms with E-state index in [9.17, 15) is 18.5 Å². The molecular formula is C16H18N2O4S. The van der Waals surface area contributed by atoms with Gasteiger partial charge in [-0.05, 0) is 30.0 Å². The van der Waals surface area contributed by atoms with Crippen molar-refractivity contribution in [1.29, 1.82) is 0 Å². The lowest BCUT2D eigenvalue weighted by atomic mass is 9.97. The van der Waals surface area contributed by atoms with Crippen LogP contribution in [0.1, 0.15) is 31.7 Å². The SMILES string of the molecule is CCC(C)c1ccccc1NS(=O)(=O)c1ccccc1[N+](=O)[O-]. The summed E-state index contributed by atoms with van der Waals surface area (Å²) >= 11 is 0. The molecule has 0 heterocycles. The highest BCUT2D eigenvalue weighted by molar-refractivity contribution is 7.92. The molecule has 23 heavy (non-hydrogen) atoms. The van der Waals surface area contributed by atoms with E-state index in [1.165, 1.54) is 24.3 Å². The summed E-state index contributed by atoms with van der Waals surface area (Å²) in [5.74, 6) is 0.166. The van der Waals surface area contributed by atoms with Crippen molar-refractivity contribution in [2.75, 3.05) is 4.72 Å². The minimum Gasteiger partial charge on any atom is -0.279 e. The Morgan fingerprint density at radius 2 is 1.74 bits per heavy atom. The summed E-state index contributed by atoms with van der Waals surface area (Å²) in [5, 5.41) is 11.1. The van der Waals surface area contributed by atoms with Gasteiger partial charge in [0, 0.05) is 6.07 Å². The highest BCUT2D eigenvalue weighted by Gasteiger charge is 2.26. The number of nitrogens with zero attached hydrogens (tertiary/aromatic N) is 1. The van der Waals surface area contributed by atoms with Crippen LogP contribution in [-0.2, 0) is 10.0 Å². The van der Waals surface area contributed by atoms with E-state index >= 15 is 0 Å². The molecule has 7 heteroatoms. The van der Waals surface area contributed by atoms with E-state index < -0.39 is 20.6 Å². The van der Waals surface area contributed by atoms with Crippen molar-refractivity contribution >= 4 is 21.4 Å². The number of rotatable bonds is 6. The Balaban J connectivity index is 2.47. The van der Waals surface area contributed by atoms with Crippen LogP contribution in [0.15, 0.2) is 53.4 Å². The molecule has 0 bridgehead atoms. The fourth-order valence-electron chi connectivity index (χ4n) is 2.27. The molecule has 0 spiro atoms. The lowest BCUT2D eigenvalue weighted by Gasteiger charge is -2.16. The molecule has 2 aromatic carbocycles. The molecule has 0 fully saturated rings. The number of para-hydroxylation sites is 2. The van der Waals surface area contributed by atoms with E-state index in [-0.39, 0.29) is 10.8 Å². The van der Waals surface area contributed by atoms with Gasteiger partial charge in [0.25, 0.3) is 15.7 Å². The van der Waals surface area contributed by atoms with Crippen LogP contribution in [0.5, 0.6) is 0 Å². The summed E-state index contributed by atoms with van der Waals surface area (Å²) in [7, 11) is -4.04. The Morgan fingerprint density at radius 3 is 2.39 bits per heavy atom. The number of nitrogens with one attached hydrogen (secondary N) is 1. The van der Waals surface area contributed by atoms with Crippen molar-refractivity contribution in [3.63, 3.8) is 0 Å². The second-order valence-corrected chi connectivity index (χ2v) is 6.88. The van der Waals surface area contributed by atoms with Gasteiger partial charge in [0.15, 0.2) is 4.90 Å². The van der Waals surface area contributed by atoms with Gasteiger partial charge in [-0.3, -0.25) is 14.8 Å². The van der Waals surface area contributed by atoms with E-state index in [0.717, 1.165) is 12.0 Å². The maximum atomic E-state index is 12.6. The Morgan fingerprint density at radius 1 is 1.13 bits per heavy atom. The number of nitro benzene ring substituents is 1. The summed E-state index contributed by atoms with van der Waals surface area (Å²) in [4.78, 5) is 10.0. The van der Waals surface area contributed by atoms with E-state index in [2.05, 4.69) is 4.72 Å². The highest BCUT2D eigenvalue weighted by atomic mass is 32.2. The van der Waals surface area contributed by atoms with Crippen molar-refractivity contribution in [2.24, 2.45) is 0 Å². The Kier molecular flexibility index (Phi) is 5.00. The van der Waals surface area contributed by atoms with E-state index in [1.807, 2.05) is 26.0 Å². The Bertz CT molecular complexity index is 818. The van der Waals surface area contributed by atoms with Crippen molar-refractivity contribution in [1.82, 2.24) is 0 Å². The molecule has 0 aromatic heterocycles. The first-order chi connectivity index (χ1) is 10.9. The van der Waals surface area contributed by atoms with Gasteiger partial charge >= 0.3 is 0 Å². The van der Waals surface area contributed by atoms with Crippen LogP contribution in [0.4, 0.5) is 11.4 Å². The zero-order valence-corrected chi connectivity index (χ0v) is 13.7. The standard InChI is InChI=1S/C16H18N2O4S/c1-3-12(2)13-8-4-5-9-14(13)17-23(21,22)16-11-7-6-10-15(16)18(19)20/h4-12,17H,3H2,1-2H3. The van der Waals surface area contributed by atoms with E-state index in [0.29, 0.717) is 5.69 Å².